The Hall–Kier alpha value is -1.27. The normalized spacial score (nSPS) is 18.3. The minimum atomic E-state index is -0.955. The van der Waals surface area contributed by atoms with Gasteiger partial charge in [0, 0.05) is 4.47 Å². The van der Waals surface area contributed by atoms with Gasteiger partial charge >= 0.3 is 0 Å². The maximum Gasteiger partial charge on any atom is 0.238 e. The molecule has 1 aromatic rings. The Kier molecular flexibility index (Phi) is 5.11. The van der Waals surface area contributed by atoms with E-state index in [4.69, 9.17) is 22.5 Å². The maximum atomic E-state index is 12.7. The highest BCUT2D eigenvalue weighted by Crippen LogP contribution is 2.38. The number of halogens is 2. The minimum Gasteiger partial charge on any atom is -0.409 e. The number of amides is 1. The zero-order valence-corrected chi connectivity index (χ0v) is 13.7. The van der Waals surface area contributed by atoms with Crippen molar-refractivity contribution in [2.75, 3.05) is 5.32 Å². The highest BCUT2D eigenvalue weighted by Gasteiger charge is 2.44. The summed E-state index contributed by atoms with van der Waals surface area (Å²) in [6, 6.07) is 5.21. The molecular weight excluding hydrogens is 358 g/mol. The van der Waals surface area contributed by atoms with Gasteiger partial charge in [0.05, 0.1) is 10.7 Å². The summed E-state index contributed by atoms with van der Waals surface area (Å²) in [5.74, 6) is -0.311. The molecular formula is C14H17BrClN3O2. The van der Waals surface area contributed by atoms with Crippen molar-refractivity contribution in [1.29, 1.82) is 0 Å². The van der Waals surface area contributed by atoms with Gasteiger partial charge in [0.1, 0.15) is 5.41 Å². The summed E-state index contributed by atoms with van der Waals surface area (Å²) in [7, 11) is 0. The highest BCUT2D eigenvalue weighted by atomic mass is 79.9. The molecule has 0 aliphatic heterocycles. The third-order valence-corrected chi connectivity index (χ3v) is 4.73. The predicted molar refractivity (Wildman–Crippen MR) is 86.7 cm³/mol. The quantitative estimate of drug-likeness (QED) is 0.326. The van der Waals surface area contributed by atoms with Crippen LogP contribution in [0.1, 0.15) is 32.1 Å². The van der Waals surface area contributed by atoms with E-state index in [0.717, 1.165) is 23.7 Å². The van der Waals surface area contributed by atoms with Crippen LogP contribution in [0.2, 0.25) is 5.02 Å². The van der Waals surface area contributed by atoms with Crippen LogP contribution in [0.4, 0.5) is 5.69 Å². The summed E-state index contributed by atoms with van der Waals surface area (Å²) < 4.78 is 0.828. The van der Waals surface area contributed by atoms with Crippen molar-refractivity contribution in [3.8, 4) is 0 Å². The van der Waals surface area contributed by atoms with Gasteiger partial charge in [-0.2, -0.15) is 0 Å². The van der Waals surface area contributed by atoms with E-state index in [0.29, 0.717) is 23.6 Å². The highest BCUT2D eigenvalue weighted by molar-refractivity contribution is 9.10. The Labute approximate surface area is 136 Å². The lowest BCUT2D eigenvalue weighted by atomic mass is 9.72. The minimum absolute atomic E-state index is 0.0343. The first-order chi connectivity index (χ1) is 9.99. The molecule has 1 saturated carbocycles. The number of nitrogens with one attached hydrogen (secondary N) is 1. The van der Waals surface area contributed by atoms with Crippen molar-refractivity contribution in [3.05, 3.63) is 27.7 Å². The molecule has 21 heavy (non-hydrogen) atoms. The van der Waals surface area contributed by atoms with Gasteiger partial charge in [-0.1, -0.05) is 51.9 Å². The molecule has 1 aromatic carbocycles. The monoisotopic (exact) mass is 373 g/mol. The predicted octanol–water partition coefficient (Wildman–Crippen LogP) is 3.74. The van der Waals surface area contributed by atoms with Crippen LogP contribution in [-0.4, -0.2) is 17.0 Å². The average molecular weight is 375 g/mol. The topological polar surface area (TPSA) is 87.7 Å². The first-order valence-corrected chi connectivity index (χ1v) is 7.91. The van der Waals surface area contributed by atoms with E-state index in [-0.39, 0.29) is 11.7 Å². The van der Waals surface area contributed by atoms with Crippen molar-refractivity contribution in [2.45, 2.75) is 32.1 Å². The molecule has 4 N–H and O–H groups in total. The van der Waals surface area contributed by atoms with Crippen molar-refractivity contribution in [2.24, 2.45) is 16.3 Å². The molecule has 1 aliphatic carbocycles. The number of nitrogens with zero attached hydrogens (tertiary/aromatic N) is 1. The Morgan fingerprint density at radius 3 is 2.62 bits per heavy atom. The first-order valence-electron chi connectivity index (χ1n) is 6.74. The standard InChI is InChI=1S/C14H17BrClN3O2/c15-9-4-5-11(10(16)8-9)18-13(20)14(12(17)19-21)6-2-1-3-7-14/h4-5,8,21H,1-3,6-7H2,(H2,17,19)(H,18,20). The summed E-state index contributed by atoms with van der Waals surface area (Å²) in [6.07, 6.45) is 3.94. The molecule has 0 saturated heterocycles. The van der Waals surface area contributed by atoms with E-state index >= 15 is 0 Å². The van der Waals surface area contributed by atoms with Crippen LogP contribution < -0.4 is 11.1 Å². The van der Waals surface area contributed by atoms with E-state index in [9.17, 15) is 4.79 Å². The van der Waals surface area contributed by atoms with Crippen LogP contribution in [0.25, 0.3) is 0 Å². The molecule has 7 heteroatoms. The van der Waals surface area contributed by atoms with Crippen LogP contribution in [0.15, 0.2) is 27.8 Å². The molecule has 0 radical (unpaired) electrons. The molecule has 1 fully saturated rings. The maximum absolute atomic E-state index is 12.7. The van der Waals surface area contributed by atoms with Gasteiger partial charge in [-0.15, -0.1) is 0 Å². The van der Waals surface area contributed by atoms with Crippen LogP contribution in [0.3, 0.4) is 0 Å². The van der Waals surface area contributed by atoms with Gasteiger partial charge in [-0.05, 0) is 31.0 Å². The lowest BCUT2D eigenvalue weighted by Crippen LogP contribution is -2.48. The molecule has 5 nitrogen and oxygen atoms in total. The molecule has 0 bridgehead atoms. The fourth-order valence-electron chi connectivity index (χ4n) is 2.68. The number of carbonyl (C=O) groups is 1. The largest absolute Gasteiger partial charge is 0.409 e. The Balaban J connectivity index is 2.27. The van der Waals surface area contributed by atoms with Crippen LogP contribution >= 0.6 is 27.5 Å². The molecule has 0 aromatic heterocycles. The van der Waals surface area contributed by atoms with E-state index in [2.05, 4.69) is 26.4 Å². The Bertz CT molecular complexity index is 571. The van der Waals surface area contributed by atoms with E-state index < -0.39 is 5.41 Å². The van der Waals surface area contributed by atoms with Gasteiger partial charge in [-0.3, -0.25) is 4.79 Å². The van der Waals surface area contributed by atoms with Crippen LogP contribution in [0, 0.1) is 5.41 Å². The second kappa shape index (κ2) is 6.66. The average Bonchev–Trinajstić information content (AvgIpc) is 2.49. The van der Waals surface area contributed by atoms with Gasteiger partial charge in [0.2, 0.25) is 5.91 Å². The summed E-state index contributed by atoms with van der Waals surface area (Å²) in [4.78, 5) is 12.7. The van der Waals surface area contributed by atoms with E-state index in [1.807, 2.05) is 0 Å². The molecule has 1 amide bonds. The molecule has 0 heterocycles. The van der Waals surface area contributed by atoms with Crippen molar-refractivity contribution in [3.63, 3.8) is 0 Å². The lowest BCUT2D eigenvalue weighted by Gasteiger charge is -2.34. The summed E-state index contributed by atoms with van der Waals surface area (Å²) in [5, 5.41) is 15.3. The number of rotatable bonds is 3. The van der Waals surface area contributed by atoms with Gasteiger partial charge < -0.3 is 16.3 Å². The molecule has 0 unspecified atom stereocenters. The van der Waals surface area contributed by atoms with E-state index in [1.54, 1.807) is 18.2 Å². The number of nitrogens with two attached hydrogens (primary N) is 1. The van der Waals surface area contributed by atoms with Crippen LogP contribution in [0.5, 0.6) is 0 Å². The van der Waals surface area contributed by atoms with E-state index in [1.165, 1.54) is 0 Å². The summed E-state index contributed by atoms with van der Waals surface area (Å²) >= 11 is 9.43. The Morgan fingerprint density at radius 2 is 2.05 bits per heavy atom. The number of benzene rings is 1. The third kappa shape index (κ3) is 3.32. The molecule has 114 valence electrons. The lowest BCUT2D eigenvalue weighted by molar-refractivity contribution is -0.123. The molecule has 0 atom stereocenters. The van der Waals surface area contributed by atoms with Crippen molar-refractivity contribution in [1.82, 2.24) is 0 Å². The Morgan fingerprint density at radius 1 is 1.38 bits per heavy atom. The fraction of sp³-hybridized carbons (Fsp3) is 0.429. The summed E-state index contributed by atoms with van der Waals surface area (Å²) in [6.45, 7) is 0. The molecule has 0 spiro atoms. The van der Waals surface area contributed by atoms with Crippen molar-refractivity contribution >= 4 is 45.0 Å². The number of oxime groups is 1. The zero-order valence-electron chi connectivity index (χ0n) is 11.4. The van der Waals surface area contributed by atoms with Gasteiger partial charge in [-0.25, -0.2) is 0 Å². The molecule has 1 aliphatic rings. The second-order valence-corrected chi connectivity index (χ2v) is 6.53. The van der Waals surface area contributed by atoms with Crippen LogP contribution in [-0.2, 0) is 4.79 Å². The number of hydrogen-bond donors (Lipinski definition) is 3. The first kappa shape index (κ1) is 16.1. The zero-order chi connectivity index (χ0) is 15.5. The fourth-order valence-corrected chi connectivity index (χ4v) is 3.40. The van der Waals surface area contributed by atoms with Crippen molar-refractivity contribution < 1.29 is 10.0 Å². The third-order valence-electron chi connectivity index (χ3n) is 3.92. The smallest absolute Gasteiger partial charge is 0.238 e. The second-order valence-electron chi connectivity index (χ2n) is 5.21. The molecule has 2 rings (SSSR count). The number of carbonyl (C=O) groups excluding carboxylic acids is 1. The summed E-state index contributed by atoms with van der Waals surface area (Å²) in [5.41, 5.74) is 5.36. The number of anilines is 1. The number of hydrogen-bond acceptors (Lipinski definition) is 3. The number of amidine groups is 1. The van der Waals surface area contributed by atoms with Gasteiger partial charge in [0.15, 0.2) is 5.84 Å². The van der Waals surface area contributed by atoms with Gasteiger partial charge in [0.25, 0.3) is 0 Å². The SMILES string of the molecule is NC(=NO)C1(C(=O)Nc2ccc(Br)cc2Cl)CCCCC1.